The lowest BCUT2D eigenvalue weighted by atomic mass is 10.1. The van der Waals surface area contributed by atoms with Gasteiger partial charge in [-0.2, -0.15) is 13.2 Å². The Hall–Kier alpha value is -2.09. The topological polar surface area (TPSA) is 55.1 Å². The van der Waals surface area contributed by atoms with E-state index in [1.807, 2.05) is 0 Å². The number of benzene rings is 1. The van der Waals surface area contributed by atoms with Gasteiger partial charge in [-0.15, -0.1) is 0 Å². The maximum atomic E-state index is 12.8. The number of hydrogen-bond donors (Lipinski definition) is 2. The van der Waals surface area contributed by atoms with Gasteiger partial charge in [-0.3, -0.25) is 10.1 Å². The average molecular weight is 386 g/mol. The first kappa shape index (κ1) is 21.2. The van der Waals surface area contributed by atoms with Gasteiger partial charge in [-0.25, -0.2) is 4.99 Å². The van der Waals surface area contributed by atoms with Crippen LogP contribution in [-0.2, 0) is 10.9 Å². The molecule has 2 rings (SSSR count). The van der Waals surface area contributed by atoms with Crippen LogP contribution in [0.3, 0.4) is 0 Å². The number of amides is 1. The van der Waals surface area contributed by atoms with Gasteiger partial charge in [0.15, 0.2) is 0 Å². The predicted octanol–water partition coefficient (Wildman–Crippen LogP) is 2.29. The van der Waals surface area contributed by atoms with Crippen LogP contribution in [0.15, 0.2) is 29.3 Å². The molecule has 27 heavy (non-hydrogen) atoms. The van der Waals surface area contributed by atoms with Crippen LogP contribution in [0.5, 0.6) is 0 Å². The molecule has 1 heterocycles. The van der Waals surface area contributed by atoms with Gasteiger partial charge in [-0.1, -0.05) is 6.07 Å². The summed E-state index contributed by atoms with van der Waals surface area (Å²) in [5, 5.41) is 2.49. The Morgan fingerprint density at radius 1 is 1.26 bits per heavy atom. The normalized spacial score (nSPS) is 16.4. The first-order chi connectivity index (χ1) is 12.8. The zero-order chi connectivity index (χ0) is 19.9. The zero-order valence-electron chi connectivity index (χ0n) is 15.7. The summed E-state index contributed by atoms with van der Waals surface area (Å²) < 4.78 is 44.0. The second-order valence-corrected chi connectivity index (χ2v) is 6.95. The van der Waals surface area contributed by atoms with E-state index in [0.717, 1.165) is 31.8 Å². The number of aliphatic imine (C=N–C) groups is 1. The molecular weight excluding hydrogens is 359 g/mol. The number of nitrogens with zero attached hydrogens (tertiary/aromatic N) is 1. The highest BCUT2D eigenvalue weighted by Crippen LogP contribution is 2.29. The van der Waals surface area contributed by atoms with Crippen molar-refractivity contribution in [3.8, 4) is 0 Å². The molecule has 1 amide bonds. The van der Waals surface area contributed by atoms with Gasteiger partial charge in [0.25, 0.3) is 11.9 Å². The Kier molecular flexibility index (Phi) is 7.65. The van der Waals surface area contributed by atoms with Crippen molar-refractivity contribution in [1.82, 2.24) is 5.32 Å². The van der Waals surface area contributed by atoms with Crippen LogP contribution in [0, 0.1) is 0 Å². The van der Waals surface area contributed by atoms with Crippen molar-refractivity contribution in [3.63, 3.8) is 0 Å². The molecule has 5 nitrogen and oxygen atoms in total. The number of alkyl halides is 3. The highest BCUT2D eigenvalue weighted by atomic mass is 19.4. The Morgan fingerprint density at radius 2 is 1.96 bits per heavy atom. The van der Waals surface area contributed by atoms with Crippen molar-refractivity contribution < 1.29 is 27.6 Å². The van der Waals surface area contributed by atoms with Crippen LogP contribution >= 0.6 is 0 Å². The van der Waals surface area contributed by atoms with Gasteiger partial charge in [0.2, 0.25) is 0 Å². The molecule has 0 bridgehead atoms. The molecule has 1 fully saturated rings. The SMILES string of the molecule is CC(C)OC(=NCC[NH+]1CCCCC1)NC(=O)c1cccc(C(F)(F)F)c1. The maximum absolute atomic E-state index is 12.8. The molecule has 1 saturated heterocycles. The Morgan fingerprint density at radius 3 is 2.59 bits per heavy atom. The van der Waals surface area contributed by atoms with Crippen molar-refractivity contribution >= 4 is 11.9 Å². The van der Waals surface area contributed by atoms with E-state index in [-0.39, 0.29) is 17.7 Å². The third-order valence-electron chi connectivity index (χ3n) is 4.30. The molecule has 1 aliphatic heterocycles. The number of carbonyl (C=O) groups is 1. The highest BCUT2D eigenvalue weighted by molar-refractivity contribution is 6.04. The fraction of sp³-hybridized carbons (Fsp3) is 0.579. The summed E-state index contributed by atoms with van der Waals surface area (Å²) in [5.74, 6) is -0.675. The number of likely N-dealkylation sites (tertiary alicyclic amines) is 1. The Balaban J connectivity index is 2.01. The minimum atomic E-state index is -4.50. The third kappa shape index (κ3) is 7.21. The second kappa shape index (κ2) is 9.73. The second-order valence-electron chi connectivity index (χ2n) is 6.95. The summed E-state index contributed by atoms with van der Waals surface area (Å²) >= 11 is 0. The fourth-order valence-corrected chi connectivity index (χ4v) is 2.95. The molecule has 1 aromatic carbocycles. The average Bonchev–Trinajstić information content (AvgIpc) is 2.61. The maximum Gasteiger partial charge on any atom is 0.416 e. The summed E-state index contributed by atoms with van der Waals surface area (Å²) in [4.78, 5) is 18.1. The monoisotopic (exact) mass is 386 g/mol. The molecule has 2 N–H and O–H groups in total. The minimum Gasteiger partial charge on any atom is -0.462 e. The van der Waals surface area contributed by atoms with Crippen LogP contribution < -0.4 is 10.2 Å². The van der Waals surface area contributed by atoms with E-state index in [1.54, 1.807) is 13.8 Å². The zero-order valence-corrected chi connectivity index (χ0v) is 15.7. The van der Waals surface area contributed by atoms with Gasteiger partial charge >= 0.3 is 6.18 Å². The number of ether oxygens (including phenoxy) is 1. The number of carbonyl (C=O) groups excluding carboxylic acids is 1. The van der Waals surface area contributed by atoms with Gasteiger partial charge in [0, 0.05) is 5.56 Å². The van der Waals surface area contributed by atoms with E-state index < -0.39 is 17.6 Å². The van der Waals surface area contributed by atoms with Gasteiger partial charge in [0.05, 0.1) is 37.8 Å². The fourth-order valence-electron chi connectivity index (χ4n) is 2.95. The summed E-state index contributed by atoms with van der Waals surface area (Å²) in [6.45, 7) is 7.15. The van der Waals surface area contributed by atoms with E-state index in [4.69, 9.17) is 4.74 Å². The molecule has 0 unspecified atom stereocenters. The molecule has 1 aromatic rings. The molecule has 1 aliphatic rings. The summed E-state index contributed by atoms with van der Waals surface area (Å²) in [6.07, 6.45) is -1.03. The quantitative estimate of drug-likeness (QED) is 0.603. The molecule has 0 saturated carbocycles. The van der Waals surface area contributed by atoms with Crippen molar-refractivity contribution in [2.24, 2.45) is 4.99 Å². The van der Waals surface area contributed by atoms with Crippen LogP contribution in [0.25, 0.3) is 0 Å². The predicted molar refractivity (Wildman–Crippen MR) is 96.8 cm³/mol. The van der Waals surface area contributed by atoms with Crippen LogP contribution in [0.1, 0.15) is 49.0 Å². The molecule has 0 radical (unpaired) electrons. The van der Waals surface area contributed by atoms with E-state index in [9.17, 15) is 18.0 Å². The standard InChI is InChI=1S/C19H26F3N3O2/c1-14(2)27-18(23-9-12-25-10-4-3-5-11-25)24-17(26)15-7-6-8-16(13-15)19(20,21)22/h6-8,13-14H,3-5,9-12H2,1-2H3,(H,23,24,26)/p+1. The molecule has 0 atom stereocenters. The molecule has 8 heteroatoms. The number of amidine groups is 1. The molecule has 0 aliphatic carbocycles. The number of piperidine rings is 1. The summed E-state index contributed by atoms with van der Waals surface area (Å²) in [7, 11) is 0. The van der Waals surface area contributed by atoms with Crippen molar-refractivity contribution in [2.75, 3.05) is 26.2 Å². The number of nitrogens with one attached hydrogen (secondary N) is 2. The number of halogens is 3. The lowest BCUT2D eigenvalue weighted by Crippen LogP contribution is -3.13. The van der Waals surface area contributed by atoms with Crippen LogP contribution in [0.4, 0.5) is 13.2 Å². The van der Waals surface area contributed by atoms with Crippen LogP contribution in [0.2, 0.25) is 0 Å². The Bertz CT molecular complexity index is 654. The van der Waals surface area contributed by atoms with E-state index in [2.05, 4.69) is 10.3 Å². The lowest BCUT2D eigenvalue weighted by Gasteiger charge is -2.22. The summed E-state index contributed by atoms with van der Waals surface area (Å²) in [6, 6.07) is 4.33. The van der Waals surface area contributed by atoms with Crippen LogP contribution in [-0.4, -0.2) is 44.2 Å². The number of rotatable bonds is 5. The molecule has 0 spiro atoms. The first-order valence-corrected chi connectivity index (χ1v) is 9.29. The van der Waals surface area contributed by atoms with E-state index >= 15 is 0 Å². The van der Waals surface area contributed by atoms with Crippen molar-refractivity contribution in [1.29, 1.82) is 0 Å². The molecular formula is C19H27F3N3O2+. The number of hydrogen-bond acceptors (Lipinski definition) is 3. The summed E-state index contributed by atoms with van der Waals surface area (Å²) in [5.41, 5.74) is -0.960. The first-order valence-electron chi connectivity index (χ1n) is 9.29. The largest absolute Gasteiger partial charge is 0.462 e. The molecule has 150 valence electrons. The highest BCUT2D eigenvalue weighted by Gasteiger charge is 2.31. The lowest BCUT2D eigenvalue weighted by molar-refractivity contribution is -0.903. The van der Waals surface area contributed by atoms with Gasteiger partial charge in [0.1, 0.15) is 0 Å². The van der Waals surface area contributed by atoms with Crippen molar-refractivity contribution in [3.05, 3.63) is 35.4 Å². The number of quaternary nitrogens is 1. The minimum absolute atomic E-state index is 0.0452. The van der Waals surface area contributed by atoms with Crippen molar-refractivity contribution in [2.45, 2.75) is 45.4 Å². The van der Waals surface area contributed by atoms with Gasteiger partial charge in [-0.05, 0) is 51.3 Å². The van der Waals surface area contributed by atoms with E-state index in [0.29, 0.717) is 6.54 Å². The third-order valence-corrected chi connectivity index (χ3v) is 4.30. The Labute approximate surface area is 157 Å². The molecule has 0 aromatic heterocycles. The smallest absolute Gasteiger partial charge is 0.416 e. The van der Waals surface area contributed by atoms with E-state index in [1.165, 1.54) is 36.3 Å². The van der Waals surface area contributed by atoms with Gasteiger partial charge < -0.3 is 9.64 Å².